The first kappa shape index (κ1) is 25.1. The second-order valence-electron chi connectivity index (χ2n) is 6.23. The number of benzene rings is 2. The largest absolute Gasteiger partial charge is 0.456 e. The first-order valence-corrected chi connectivity index (χ1v) is 11.2. The fourth-order valence-electron chi connectivity index (χ4n) is 2.49. The minimum absolute atomic E-state index is 0.0844. The lowest BCUT2D eigenvalue weighted by Gasteiger charge is -2.21. The molecule has 4 N–H and O–H groups in total. The van der Waals surface area contributed by atoms with Gasteiger partial charge in [-0.3, -0.25) is 0 Å². The van der Waals surface area contributed by atoms with Gasteiger partial charge in [-0.2, -0.15) is 4.31 Å². The second kappa shape index (κ2) is 12.6. The van der Waals surface area contributed by atoms with Crippen molar-refractivity contribution in [3.63, 3.8) is 0 Å². The molecule has 7 nitrogen and oxygen atoms in total. The van der Waals surface area contributed by atoms with Crippen LogP contribution in [0.15, 0.2) is 53.4 Å². The van der Waals surface area contributed by atoms with Crippen molar-refractivity contribution >= 4 is 10.0 Å². The van der Waals surface area contributed by atoms with Gasteiger partial charge in [0.25, 0.3) is 0 Å². The van der Waals surface area contributed by atoms with E-state index in [4.69, 9.17) is 10.5 Å². The molecule has 162 valence electrons. The Kier molecular flexibility index (Phi) is 10.9. The third kappa shape index (κ3) is 7.41. The van der Waals surface area contributed by atoms with E-state index in [1.165, 1.54) is 35.3 Å². The lowest BCUT2D eigenvalue weighted by Crippen LogP contribution is -2.31. The van der Waals surface area contributed by atoms with Gasteiger partial charge in [0.2, 0.25) is 10.0 Å². The molecule has 0 saturated heterocycles. The summed E-state index contributed by atoms with van der Waals surface area (Å²) in [6, 6.07) is 12.9. The number of para-hydroxylation sites is 1. The van der Waals surface area contributed by atoms with E-state index in [2.05, 4.69) is 6.92 Å². The van der Waals surface area contributed by atoms with Gasteiger partial charge in [-0.05, 0) is 37.2 Å². The molecule has 0 aromatic heterocycles. The number of sulfonamides is 1. The van der Waals surface area contributed by atoms with Gasteiger partial charge in [-0.1, -0.05) is 51.5 Å². The summed E-state index contributed by atoms with van der Waals surface area (Å²) in [5.41, 5.74) is 5.22. The zero-order valence-corrected chi connectivity index (χ0v) is 18.1. The summed E-state index contributed by atoms with van der Waals surface area (Å²) in [7, 11) is -3.82. The molecule has 2 aromatic carbocycles. The van der Waals surface area contributed by atoms with Gasteiger partial charge < -0.3 is 20.7 Å². The van der Waals surface area contributed by atoms with E-state index in [1.54, 1.807) is 38.1 Å². The quantitative estimate of drug-likeness (QED) is 0.533. The number of rotatable bonds is 9. The molecular weight excluding hydrogens is 392 g/mol. The van der Waals surface area contributed by atoms with Crippen molar-refractivity contribution in [3.05, 3.63) is 54.1 Å². The highest BCUT2D eigenvalue weighted by Crippen LogP contribution is 2.32. The molecule has 0 amide bonds. The summed E-state index contributed by atoms with van der Waals surface area (Å²) in [5, 5.41) is 18.7. The molecule has 0 bridgehead atoms. The van der Waals surface area contributed by atoms with E-state index >= 15 is 0 Å². The lowest BCUT2D eigenvalue weighted by atomic mass is 10.2. The normalized spacial score (nSPS) is 11.3. The number of nitrogens with zero attached hydrogens (tertiary/aromatic N) is 1. The molecule has 0 heterocycles. The molecule has 0 aliphatic carbocycles. The molecule has 0 radical (unpaired) electrons. The van der Waals surface area contributed by atoms with Crippen LogP contribution in [0.2, 0.25) is 0 Å². The molecule has 0 aliphatic heterocycles. The van der Waals surface area contributed by atoms with Crippen LogP contribution < -0.4 is 10.5 Å². The van der Waals surface area contributed by atoms with Crippen molar-refractivity contribution < 1.29 is 23.4 Å². The highest BCUT2D eigenvalue weighted by atomic mass is 32.2. The predicted octanol–water partition coefficient (Wildman–Crippen LogP) is 3.24. The Bertz CT molecular complexity index is 820. The van der Waals surface area contributed by atoms with Gasteiger partial charge in [-0.25, -0.2) is 8.42 Å². The summed E-state index contributed by atoms with van der Waals surface area (Å²) in [5.74, 6) is 0.628. The molecule has 29 heavy (non-hydrogen) atoms. The maximum Gasteiger partial charge on any atom is 0.246 e. The van der Waals surface area contributed by atoms with Crippen molar-refractivity contribution in [1.82, 2.24) is 4.31 Å². The van der Waals surface area contributed by atoms with Crippen LogP contribution in [0.4, 0.5) is 0 Å². The van der Waals surface area contributed by atoms with Crippen LogP contribution in [0.25, 0.3) is 0 Å². The van der Waals surface area contributed by atoms with E-state index in [0.29, 0.717) is 18.8 Å². The van der Waals surface area contributed by atoms with Crippen molar-refractivity contribution in [1.29, 1.82) is 0 Å². The zero-order chi connectivity index (χ0) is 21.9. The number of aliphatic hydroxyl groups excluding tert-OH is 1. The summed E-state index contributed by atoms with van der Waals surface area (Å²) in [4.78, 5) is -0.0966. The second-order valence-corrected chi connectivity index (χ2v) is 8.13. The molecule has 0 fully saturated rings. The summed E-state index contributed by atoms with van der Waals surface area (Å²) >= 11 is 0. The van der Waals surface area contributed by atoms with Crippen LogP contribution in [-0.4, -0.2) is 42.6 Å². The van der Waals surface area contributed by atoms with Crippen LogP contribution in [-0.2, 0) is 10.0 Å². The standard InChI is InChI=1S/C17H21NO5S.C4H11N/c1-3-18(4-2)24(21,22)16-12-13(17(19)20)10-11-15(16)23-14-8-6-5-7-9-14;1-2-3-4-5/h5-12,17,19-20H,3-4H2,1-2H3;2-5H2,1H3. The predicted molar refractivity (Wildman–Crippen MR) is 114 cm³/mol. The first-order chi connectivity index (χ1) is 13.8. The van der Waals surface area contributed by atoms with Crippen molar-refractivity contribution in [2.45, 2.75) is 44.8 Å². The molecular formula is C21H32N2O5S. The Labute approximate surface area is 173 Å². The minimum Gasteiger partial charge on any atom is -0.456 e. The summed E-state index contributed by atoms with van der Waals surface area (Å²) in [6.45, 7) is 7.06. The highest BCUT2D eigenvalue weighted by molar-refractivity contribution is 7.89. The van der Waals surface area contributed by atoms with Gasteiger partial charge >= 0.3 is 0 Å². The van der Waals surface area contributed by atoms with Crippen LogP contribution >= 0.6 is 0 Å². The Morgan fingerprint density at radius 1 is 1.03 bits per heavy atom. The summed E-state index contributed by atoms with van der Waals surface area (Å²) in [6.07, 6.45) is 0.623. The van der Waals surface area contributed by atoms with Gasteiger partial charge in [0.05, 0.1) is 0 Å². The third-order valence-corrected chi connectivity index (χ3v) is 6.19. The fourth-order valence-corrected chi connectivity index (χ4v) is 4.10. The lowest BCUT2D eigenvalue weighted by molar-refractivity contribution is -0.0426. The Morgan fingerprint density at radius 3 is 2.10 bits per heavy atom. The zero-order valence-electron chi connectivity index (χ0n) is 17.3. The topological polar surface area (TPSA) is 113 Å². The molecule has 0 aliphatic rings. The van der Waals surface area contributed by atoms with Gasteiger partial charge in [0.15, 0.2) is 6.29 Å². The van der Waals surface area contributed by atoms with Crippen molar-refractivity contribution in [2.75, 3.05) is 19.6 Å². The molecule has 0 saturated carbocycles. The Morgan fingerprint density at radius 2 is 1.66 bits per heavy atom. The number of hydrogen-bond acceptors (Lipinski definition) is 6. The Hall–Kier alpha value is -1.97. The van der Waals surface area contributed by atoms with E-state index in [0.717, 1.165) is 6.54 Å². The molecule has 0 unspecified atom stereocenters. The molecule has 8 heteroatoms. The number of ether oxygens (including phenoxy) is 1. The van der Waals surface area contributed by atoms with E-state index in [9.17, 15) is 18.6 Å². The smallest absolute Gasteiger partial charge is 0.246 e. The highest BCUT2D eigenvalue weighted by Gasteiger charge is 2.27. The minimum atomic E-state index is -3.82. The van der Waals surface area contributed by atoms with Crippen LogP contribution in [0.1, 0.15) is 45.5 Å². The van der Waals surface area contributed by atoms with Crippen LogP contribution in [0.5, 0.6) is 11.5 Å². The monoisotopic (exact) mass is 424 g/mol. The molecule has 0 atom stereocenters. The SMILES string of the molecule is CCCCN.CCN(CC)S(=O)(=O)c1cc(C(O)O)ccc1Oc1ccccc1. The molecule has 2 aromatic rings. The van der Waals surface area contributed by atoms with Crippen LogP contribution in [0.3, 0.4) is 0 Å². The maximum atomic E-state index is 12.9. The van der Waals surface area contributed by atoms with E-state index in [-0.39, 0.29) is 16.2 Å². The Balaban J connectivity index is 0.000000749. The molecule has 2 rings (SSSR count). The number of nitrogens with two attached hydrogens (primary N) is 1. The average molecular weight is 425 g/mol. The number of unbranched alkanes of at least 4 members (excludes halogenated alkanes) is 1. The average Bonchev–Trinajstić information content (AvgIpc) is 2.70. The van der Waals surface area contributed by atoms with Gasteiger partial charge in [0.1, 0.15) is 16.4 Å². The summed E-state index contributed by atoms with van der Waals surface area (Å²) < 4.78 is 32.7. The first-order valence-electron chi connectivity index (χ1n) is 9.74. The van der Waals surface area contributed by atoms with Gasteiger partial charge in [-0.15, -0.1) is 0 Å². The van der Waals surface area contributed by atoms with Gasteiger partial charge in [0, 0.05) is 18.7 Å². The third-order valence-electron chi connectivity index (χ3n) is 4.12. The number of aliphatic hydroxyl groups is 2. The number of hydrogen-bond donors (Lipinski definition) is 3. The molecule has 0 spiro atoms. The van der Waals surface area contributed by atoms with Crippen LogP contribution in [0, 0.1) is 0 Å². The fraction of sp³-hybridized carbons (Fsp3) is 0.429. The van der Waals surface area contributed by atoms with E-state index in [1.807, 2.05) is 6.07 Å². The van der Waals surface area contributed by atoms with Crippen molar-refractivity contribution in [2.24, 2.45) is 5.73 Å². The maximum absolute atomic E-state index is 12.9. The van der Waals surface area contributed by atoms with Crippen molar-refractivity contribution in [3.8, 4) is 11.5 Å². The van der Waals surface area contributed by atoms with E-state index < -0.39 is 16.3 Å².